The normalized spacial score (nSPS) is 16.3. The Morgan fingerprint density at radius 2 is 2.23 bits per heavy atom. The van der Waals surface area contributed by atoms with Crippen molar-refractivity contribution < 1.29 is 4.74 Å². The SMILES string of the molecule is CCNC(=NCC1CCOc2ccccc21)N(C)Cc1csc(C)n1.I. The third-order valence-corrected chi connectivity index (χ3v) is 5.13. The Hall–Kier alpha value is -1.35. The van der Waals surface area contributed by atoms with Gasteiger partial charge in [-0.15, -0.1) is 35.3 Å². The highest BCUT2D eigenvalue weighted by molar-refractivity contribution is 14.0. The molecular formula is C19H27IN4OS. The molecule has 0 bridgehead atoms. The van der Waals surface area contributed by atoms with Crippen LogP contribution >= 0.6 is 35.3 Å². The number of aromatic nitrogens is 1. The average Bonchev–Trinajstić information content (AvgIpc) is 3.03. The molecule has 0 radical (unpaired) electrons. The van der Waals surface area contributed by atoms with E-state index in [4.69, 9.17) is 9.73 Å². The van der Waals surface area contributed by atoms with Gasteiger partial charge in [-0.05, 0) is 31.9 Å². The number of guanidine groups is 1. The Morgan fingerprint density at radius 3 is 2.96 bits per heavy atom. The van der Waals surface area contributed by atoms with Gasteiger partial charge >= 0.3 is 0 Å². The van der Waals surface area contributed by atoms with Gasteiger partial charge in [0.2, 0.25) is 0 Å². The summed E-state index contributed by atoms with van der Waals surface area (Å²) in [7, 11) is 2.06. The summed E-state index contributed by atoms with van der Waals surface area (Å²) in [6, 6.07) is 8.31. The summed E-state index contributed by atoms with van der Waals surface area (Å²) in [5, 5.41) is 6.61. The topological polar surface area (TPSA) is 49.8 Å². The average molecular weight is 486 g/mol. The van der Waals surface area contributed by atoms with E-state index in [1.54, 1.807) is 11.3 Å². The summed E-state index contributed by atoms with van der Waals surface area (Å²) >= 11 is 1.69. The molecule has 1 aliphatic heterocycles. The number of ether oxygens (including phenoxy) is 1. The van der Waals surface area contributed by atoms with Crippen molar-refractivity contribution in [2.45, 2.75) is 32.7 Å². The van der Waals surface area contributed by atoms with Crippen LogP contribution in [0.25, 0.3) is 0 Å². The van der Waals surface area contributed by atoms with Gasteiger partial charge in [0.25, 0.3) is 0 Å². The Balaban J connectivity index is 0.00000243. The summed E-state index contributed by atoms with van der Waals surface area (Å²) in [4.78, 5) is 11.6. The molecule has 0 fully saturated rings. The third-order valence-electron chi connectivity index (χ3n) is 4.31. The molecule has 5 nitrogen and oxygen atoms in total. The van der Waals surface area contributed by atoms with E-state index < -0.39 is 0 Å². The molecule has 26 heavy (non-hydrogen) atoms. The van der Waals surface area contributed by atoms with Gasteiger partial charge < -0.3 is 15.0 Å². The van der Waals surface area contributed by atoms with Gasteiger partial charge in [0.1, 0.15) is 5.75 Å². The van der Waals surface area contributed by atoms with Crippen LogP contribution in [0.4, 0.5) is 0 Å². The lowest BCUT2D eigenvalue weighted by Crippen LogP contribution is -2.39. The van der Waals surface area contributed by atoms with E-state index in [0.29, 0.717) is 5.92 Å². The van der Waals surface area contributed by atoms with E-state index in [0.717, 1.165) is 55.1 Å². The second-order valence-electron chi connectivity index (χ2n) is 6.28. The van der Waals surface area contributed by atoms with Crippen LogP contribution in [-0.2, 0) is 6.54 Å². The predicted molar refractivity (Wildman–Crippen MR) is 119 cm³/mol. The first kappa shape index (κ1) is 21.0. The maximum Gasteiger partial charge on any atom is 0.194 e. The molecule has 0 spiro atoms. The van der Waals surface area contributed by atoms with Crippen molar-refractivity contribution in [2.75, 3.05) is 26.7 Å². The van der Waals surface area contributed by atoms with Crippen molar-refractivity contribution in [1.29, 1.82) is 0 Å². The number of fused-ring (bicyclic) bond motifs is 1. The molecule has 0 saturated carbocycles. The Labute approximate surface area is 176 Å². The molecule has 0 saturated heterocycles. The molecule has 1 N–H and O–H groups in total. The van der Waals surface area contributed by atoms with Crippen LogP contribution in [-0.4, -0.2) is 42.6 Å². The molecule has 2 aromatic rings. The van der Waals surface area contributed by atoms with Crippen LogP contribution in [0.2, 0.25) is 0 Å². The van der Waals surface area contributed by atoms with Crippen LogP contribution in [0.15, 0.2) is 34.6 Å². The summed E-state index contributed by atoms with van der Waals surface area (Å²) in [6.45, 7) is 7.28. The van der Waals surface area contributed by atoms with E-state index in [9.17, 15) is 0 Å². The fourth-order valence-corrected chi connectivity index (χ4v) is 3.67. The van der Waals surface area contributed by atoms with Gasteiger partial charge in [-0.1, -0.05) is 18.2 Å². The number of nitrogens with zero attached hydrogens (tertiary/aromatic N) is 3. The van der Waals surface area contributed by atoms with Crippen LogP contribution in [0, 0.1) is 6.92 Å². The maximum absolute atomic E-state index is 5.76. The molecule has 1 unspecified atom stereocenters. The number of hydrogen-bond acceptors (Lipinski definition) is 4. The Morgan fingerprint density at radius 1 is 1.42 bits per heavy atom. The van der Waals surface area contributed by atoms with Crippen molar-refractivity contribution in [3.8, 4) is 5.75 Å². The van der Waals surface area contributed by atoms with Crippen molar-refractivity contribution in [1.82, 2.24) is 15.2 Å². The number of para-hydroxylation sites is 1. The highest BCUT2D eigenvalue weighted by Crippen LogP contribution is 2.33. The molecule has 0 amide bonds. The minimum atomic E-state index is 0. The number of thiazole rings is 1. The molecule has 7 heteroatoms. The van der Waals surface area contributed by atoms with Gasteiger partial charge in [0.15, 0.2) is 5.96 Å². The summed E-state index contributed by atoms with van der Waals surface area (Å²) in [5.41, 5.74) is 2.36. The lowest BCUT2D eigenvalue weighted by Gasteiger charge is -2.26. The molecule has 1 aromatic heterocycles. The fourth-order valence-electron chi connectivity index (χ4n) is 3.07. The van der Waals surface area contributed by atoms with Crippen molar-refractivity contribution in [2.24, 2.45) is 4.99 Å². The smallest absolute Gasteiger partial charge is 0.194 e. The van der Waals surface area contributed by atoms with E-state index >= 15 is 0 Å². The fraction of sp³-hybridized carbons (Fsp3) is 0.474. The predicted octanol–water partition coefficient (Wildman–Crippen LogP) is 4.03. The molecule has 0 aliphatic carbocycles. The number of hydrogen-bond donors (Lipinski definition) is 1. The second-order valence-corrected chi connectivity index (χ2v) is 7.34. The van der Waals surface area contributed by atoms with E-state index in [1.165, 1.54) is 5.56 Å². The molecular weight excluding hydrogens is 459 g/mol. The third kappa shape index (κ3) is 5.33. The van der Waals surface area contributed by atoms with Gasteiger partial charge in [0.05, 0.1) is 23.9 Å². The van der Waals surface area contributed by atoms with Gasteiger partial charge in [-0.3, -0.25) is 4.99 Å². The largest absolute Gasteiger partial charge is 0.493 e. The molecule has 142 valence electrons. The standard InChI is InChI=1S/C19H26N4OS.HI/c1-4-20-19(23(3)12-16-13-25-14(2)22-16)21-11-15-9-10-24-18-8-6-5-7-17(15)18;/h5-8,13,15H,4,9-12H2,1-3H3,(H,20,21);1H. The number of nitrogens with one attached hydrogen (secondary N) is 1. The van der Waals surface area contributed by atoms with Gasteiger partial charge in [-0.25, -0.2) is 4.98 Å². The quantitative estimate of drug-likeness (QED) is 0.394. The zero-order valence-corrected chi connectivity index (χ0v) is 18.7. The number of aliphatic imine (C=N–C) groups is 1. The zero-order valence-electron chi connectivity index (χ0n) is 15.6. The Bertz CT molecular complexity index is 734. The first-order valence-electron chi connectivity index (χ1n) is 8.79. The van der Waals surface area contributed by atoms with E-state index in [-0.39, 0.29) is 24.0 Å². The van der Waals surface area contributed by atoms with Crippen LogP contribution in [0.5, 0.6) is 5.75 Å². The molecule has 2 heterocycles. The summed E-state index contributed by atoms with van der Waals surface area (Å²) in [5.74, 6) is 2.34. The highest BCUT2D eigenvalue weighted by atomic mass is 127. The molecule has 3 rings (SSSR count). The number of rotatable bonds is 5. The molecule has 1 atom stereocenters. The van der Waals surface area contributed by atoms with Crippen molar-refractivity contribution in [3.05, 3.63) is 45.9 Å². The van der Waals surface area contributed by atoms with Crippen LogP contribution < -0.4 is 10.1 Å². The van der Waals surface area contributed by atoms with Crippen molar-refractivity contribution in [3.63, 3.8) is 0 Å². The highest BCUT2D eigenvalue weighted by Gasteiger charge is 2.21. The second kappa shape index (κ2) is 10.1. The summed E-state index contributed by atoms with van der Waals surface area (Å²) in [6.07, 6.45) is 1.01. The van der Waals surface area contributed by atoms with Crippen LogP contribution in [0.1, 0.15) is 35.5 Å². The first-order valence-corrected chi connectivity index (χ1v) is 9.67. The van der Waals surface area contributed by atoms with Gasteiger partial charge in [-0.2, -0.15) is 0 Å². The monoisotopic (exact) mass is 486 g/mol. The molecule has 1 aromatic carbocycles. The lowest BCUT2D eigenvalue weighted by atomic mass is 9.93. The van der Waals surface area contributed by atoms with Gasteiger partial charge in [0, 0.05) is 31.4 Å². The van der Waals surface area contributed by atoms with E-state index in [1.807, 2.05) is 19.1 Å². The molecule has 1 aliphatic rings. The minimum absolute atomic E-state index is 0. The number of aryl methyl sites for hydroxylation is 1. The minimum Gasteiger partial charge on any atom is -0.493 e. The van der Waals surface area contributed by atoms with Crippen molar-refractivity contribution >= 4 is 41.3 Å². The van der Waals surface area contributed by atoms with E-state index in [2.05, 4.69) is 46.7 Å². The summed E-state index contributed by atoms with van der Waals surface area (Å²) < 4.78 is 5.76. The maximum atomic E-state index is 5.76. The number of halogens is 1. The zero-order chi connectivity index (χ0) is 17.6. The first-order chi connectivity index (χ1) is 12.2. The Kier molecular flexibility index (Phi) is 8.15. The lowest BCUT2D eigenvalue weighted by molar-refractivity contribution is 0.268. The van der Waals surface area contributed by atoms with Crippen LogP contribution in [0.3, 0.4) is 0 Å². The number of benzene rings is 1.